The molecular formula is C18H21N7O. The number of hydrogen-bond acceptors (Lipinski definition) is 6. The number of hydrogen-bond donors (Lipinski definition) is 1. The SMILES string of the molecule is CN(C)C(=O)c1cc2cnc(Nc3cccnn3)nc2n1C1CCCC1. The molecule has 3 aromatic rings. The summed E-state index contributed by atoms with van der Waals surface area (Å²) in [6, 6.07) is 5.79. The van der Waals surface area contributed by atoms with Gasteiger partial charge in [-0.1, -0.05) is 12.8 Å². The van der Waals surface area contributed by atoms with Crippen LogP contribution in [0.5, 0.6) is 0 Å². The van der Waals surface area contributed by atoms with Gasteiger partial charge in [0, 0.05) is 37.9 Å². The topological polar surface area (TPSA) is 88.8 Å². The van der Waals surface area contributed by atoms with Crippen LogP contribution < -0.4 is 5.32 Å². The predicted molar refractivity (Wildman–Crippen MR) is 98.4 cm³/mol. The molecule has 1 amide bonds. The van der Waals surface area contributed by atoms with Crippen LogP contribution in [0.4, 0.5) is 11.8 Å². The number of carbonyl (C=O) groups excluding carboxylic acids is 1. The van der Waals surface area contributed by atoms with E-state index in [9.17, 15) is 4.79 Å². The minimum atomic E-state index is -0.0154. The van der Waals surface area contributed by atoms with Crippen molar-refractivity contribution >= 4 is 28.7 Å². The summed E-state index contributed by atoms with van der Waals surface area (Å²) in [5.74, 6) is 1.01. The van der Waals surface area contributed by atoms with Crippen molar-refractivity contribution in [2.75, 3.05) is 19.4 Å². The number of amides is 1. The van der Waals surface area contributed by atoms with Gasteiger partial charge in [-0.3, -0.25) is 4.79 Å². The van der Waals surface area contributed by atoms with Gasteiger partial charge in [0.05, 0.1) is 0 Å². The lowest BCUT2D eigenvalue weighted by atomic mass is 10.2. The molecule has 3 heterocycles. The summed E-state index contributed by atoms with van der Waals surface area (Å²) in [4.78, 5) is 23.3. The standard InChI is InChI=1S/C18H21N7O/c1-24(2)17(26)14-10-12-11-19-18(21-15-8-5-9-20-23-15)22-16(12)25(14)13-6-3-4-7-13/h5,8-11,13H,3-4,6-7H2,1-2H3,(H,19,21,22,23). The number of nitrogens with one attached hydrogen (secondary N) is 1. The molecule has 0 atom stereocenters. The maximum atomic E-state index is 12.7. The first-order valence-electron chi connectivity index (χ1n) is 8.78. The second-order valence-corrected chi connectivity index (χ2v) is 6.74. The van der Waals surface area contributed by atoms with E-state index < -0.39 is 0 Å². The highest BCUT2D eigenvalue weighted by molar-refractivity contribution is 5.97. The Labute approximate surface area is 151 Å². The van der Waals surface area contributed by atoms with Gasteiger partial charge in [-0.2, -0.15) is 10.1 Å². The van der Waals surface area contributed by atoms with Gasteiger partial charge in [0.1, 0.15) is 11.3 Å². The van der Waals surface area contributed by atoms with Crippen molar-refractivity contribution in [3.05, 3.63) is 36.3 Å². The minimum Gasteiger partial charge on any atom is -0.343 e. The molecule has 8 nitrogen and oxygen atoms in total. The summed E-state index contributed by atoms with van der Waals surface area (Å²) < 4.78 is 2.09. The minimum absolute atomic E-state index is 0.0154. The van der Waals surface area contributed by atoms with Gasteiger partial charge in [-0.15, -0.1) is 5.10 Å². The number of rotatable bonds is 4. The number of fused-ring (bicyclic) bond motifs is 1. The molecule has 1 N–H and O–H groups in total. The van der Waals surface area contributed by atoms with E-state index in [2.05, 4.69) is 30.0 Å². The zero-order chi connectivity index (χ0) is 18.1. The molecule has 0 saturated heterocycles. The van der Waals surface area contributed by atoms with Crippen LogP contribution in [0.25, 0.3) is 11.0 Å². The molecule has 1 aliphatic carbocycles. The lowest BCUT2D eigenvalue weighted by Gasteiger charge is -2.19. The van der Waals surface area contributed by atoms with E-state index in [0.717, 1.165) is 23.9 Å². The second kappa shape index (κ2) is 6.70. The van der Waals surface area contributed by atoms with Gasteiger partial charge in [0.25, 0.3) is 5.91 Å². The van der Waals surface area contributed by atoms with Gasteiger partial charge >= 0.3 is 0 Å². The average Bonchev–Trinajstić information content (AvgIpc) is 3.28. The fourth-order valence-corrected chi connectivity index (χ4v) is 3.48. The van der Waals surface area contributed by atoms with Crippen LogP contribution in [0.1, 0.15) is 42.2 Å². The van der Waals surface area contributed by atoms with Crippen molar-refractivity contribution in [2.24, 2.45) is 0 Å². The Kier molecular flexibility index (Phi) is 4.24. The predicted octanol–water partition coefficient (Wildman–Crippen LogP) is 2.78. The third-order valence-electron chi connectivity index (χ3n) is 4.70. The first-order chi connectivity index (χ1) is 12.6. The summed E-state index contributed by atoms with van der Waals surface area (Å²) in [5, 5.41) is 11.8. The van der Waals surface area contributed by atoms with Crippen molar-refractivity contribution < 1.29 is 4.79 Å². The first kappa shape index (κ1) is 16.4. The largest absolute Gasteiger partial charge is 0.343 e. The highest BCUT2D eigenvalue weighted by Crippen LogP contribution is 2.34. The summed E-state index contributed by atoms with van der Waals surface area (Å²) >= 11 is 0. The van der Waals surface area contributed by atoms with Crippen LogP contribution in [-0.2, 0) is 0 Å². The molecule has 0 bridgehead atoms. The van der Waals surface area contributed by atoms with Crippen molar-refractivity contribution in [3.8, 4) is 0 Å². The highest BCUT2D eigenvalue weighted by atomic mass is 16.2. The van der Waals surface area contributed by atoms with Crippen molar-refractivity contribution in [1.82, 2.24) is 29.6 Å². The molecule has 0 aromatic carbocycles. The summed E-state index contributed by atoms with van der Waals surface area (Å²) in [6.07, 6.45) is 7.84. The van der Waals surface area contributed by atoms with Gasteiger partial charge in [0.2, 0.25) is 5.95 Å². The molecule has 134 valence electrons. The fraction of sp³-hybridized carbons (Fsp3) is 0.389. The van der Waals surface area contributed by atoms with Crippen LogP contribution in [0, 0.1) is 0 Å². The Morgan fingerprint density at radius 3 is 2.81 bits per heavy atom. The van der Waals surface area contributed by atoms with E-state index in [1.165, 1.54) is 12.8 Å². The molecule has 0 unspecified atom stereocenters. The monoisotopic (exact) mass is 351 g/mol. The molecule has 26 heavy (non-hydrogen) atoms. The highest BCUT2D eigenvalue weighted by Gasteiger charge is 2.26. The van der Waals surface area contributed by atoms with Crippen LogP contribution >= 0.6 is 0 Å². The van der Waals surface area contributed by atoms with Crippen LogP contribution in [0.15, 0.2) is 30.6 Å². The Balaban J connectivity index is 1.80. The third kappa shape index (κ3) is 2.98. The Hall–Kier alpha value is -3.03. The van der Waals surface area contributed by atoms with Crippen LogP contribution in [0.3, 0.4) is 0 Å². The molecule has 0 radical (unpaired) electrons. The number of nitrogens with zero attached hydrogens (tertiary/aromatic N) is 6. The maximum absolute atomic E-state index is 12.7. The summed E-state index contributed by atoms with van der Waals surface area (Å²) in [7, 11) is 3.54. The molecule has 4 rings (SSSR count). The normalized spacial score (nSPS) is 14.7. The summed E-state index contributed by atoms with van der Waals surface area (Å²) in [5.41, 5.74) is 1.45. The van der Waals surface area contributed by atoms with E-state index in [4.69, 9.17) is 0 Å². The van der Waals surface area contributed by atoms with Gasteiger partial charge in [-0.05, 0) is 31.0 Å². The van der Waals surface area contributed by atoms with E-state index in [0.29, 0.717) is 23.5 Å². The van der Waals surface area contributed by atoms with Crippen molar-refractivity contribution in [2.45, 2.75) is 31.7 Å². The fourth-order valence-electron chi connectivity index (χ4n) is 3.48. The summed E-state index contributed by atoms with van der Waals surface area (Å²) in [6.45, 7) is 0. The van der Waals surface area contributed by atoms with Gasteiger partial charge < -0.3 is 14.8 Å². The van der Waals surface area contributed by atoms with E-state index >= 15 is 0 Å². The average molecular weight is 351 g/mol. The van der Waals surface area contributed by atoms with Crippen LogP contribution in [-0.4, -0.2) is 49.6 Å². The molecule has 1 aliphatic rings. The molecule has 8 heteroatoms. The smallest absolute Gasteiger partial charge is 0.270 e. The van der Waals surface area contributed by atoms with Crippen LogP contribution in [0.2, 0.25) is 0 Å². The molecule has 1 saturated carbocycles. The van der Waals surface area contributed by atoms with E-state index in [1.807, 2.05) is 6.07 Å². The van der Waals surface area contributed by atoms with Crippen molar-refractivity contribution in [1.29, 1.82) is 0 Å². The lowest BCUT2D eigenvalue weighted by molar-refractivity contribution is 0.0815. The molecule has 3 aromatic heterocycles. The second-order valence-electron chi connectivity index (χ2n) is 6.74. The number of carbonyl (C=O) groups is 1. The zero-order valence-electron chi connectivity index (χ0n) is 14.9. The van der Waals surface area contributed by atoms with Gasteiger partial charge in [-0.25, -0.2) is 4.98 Å². The third-order valence-corrected chi connectivity index (χ3v) is 4.70. The Bertz CT molecular complexity index is 929. The molecule has 1 fully saturated rings. The number of aromatic nitrogens is 5. The van der Waals surface area contributed by atoms with Crippen molar-refractivity contribution in [3.63, 3.8) is 0 Å². The first-order valence-corrected chi connectivity index (χ1v) is 8.78. The zero-order valence-corrected chi connectivity index (χ0v) is 14.9. The number of anilines is 2. The maximum Gasteiger partial charge on any atom is 0.270 e. The molecule has 0 spiro atoms. The Morgan fingerprint density at radius 2 is 2.12 bits per heavy atom. The van der Waals surface area contributed by atoms with Gasteiger partial charge in [0.15, 0.2) is 5.82 Å². The Morgan fingerprint density at radius 1 is 1.31 bits per heavy atom. The van der Waals surface area contributed by atoms with E-state index in [1.54, 1.807) is 43.5 Å². The lowest BCUT2D eigenvalue weighted by Crippen LogP contribution is -2.25. The molecule has 0 aliphatic heterocycles. The van der Waals surface area contributed by atoms with E-state index in [-0.39, 0.29) is 5.91 Å². The molecular weight excluding hydrogens is 330 g/mol. The quantitative estimate of drug-likeness (QED) is 0.777.